The number of amides is 1. The van der Waals surface area contributed by atoms with Gasteiger partial charge in [-0.15, -0.1) is 0 Å². The zero-order chi connectivity index (χ0) is 14.5. The maximum Gasteiger partial charge on any atom is 0.254 e. The molecular formula is C16H23FN2O. The summed E-state index contributed by atoms with van der Waals surface area (Å²) in [4.78, 5) is 14.5. The van der Waals surface area contributed by atoms with E-state index in [0.717, 1.165) is 32.5 Å². The Kier molecular flexibility index (Phi) is 5.12. The van der Waals surface area contributed by atoms with E-state index < -0.39 is 0 Å². The molecule has 1 aliphatic heterocycles. The fraction of sp³-hybridized carbons (Fsp3) is 0.562. The SMILES string of the molecule is CCCN(CC1CCCN1)C(=O)c1ccc(F)cc1C. The molecule has 1 aromatic carbocycles. The highest BCUT2D eigenvalue weighted by atomic mass is 19.1. The highest BCUT2D eigenvalue weighted by molar-refractivity contribution is 5.95. The molecule has 1 N–H and O–H groups in total. The Morgan fingerprint density at radius 2 is 2.30 bits per heavy atom. The maximum atomic E-state index is 13.2. The molecule has 1 atom stereocenters. The van der Waals surface area contributed by atoms with Crippen molar-refractivity contribution in [2.75, 3.05) is 19.6 Å². The van der Waals surface area contributed by atoms with E-state index in [-0.39, 0.29) is 11.7 Å². The fourth-order valence-electron chi connectivity index (χ4n) is 2.76. The molecule has 0 spiro atoms. The van der Waals surface area contributed by atoms with Gasteiger partial charge < -0.3 is 10.2 Å². The molecule has 1 saturated heterocycles. The van der Waals surface area contributed by atoms with Crippen LogP contribution in [-0.2, 0) is 0 Å². The molecule has 3 nitrogen and oxygen atoms in total. The zero-order valence-electron chi connectivity index (χ0n) is 12.3. The molecule has 0 saturated carbocycles. The van der Waals surface area contributed by atoms with Crippen molar-refractivity contribution in [1.82, 2.24) is 10.2 Å². The van der Waals surface area contributed by atoms with Crippen molar-refractivity contribution < 1.29 is 9.18 Å². The zero-order valence-corrected chi connectivity index (χ0v) is 12.3. The molecule has 0 aromatic heterocycles. The van der Waals surface area contributed by atoms with Crippen LogP contribution < -0.4 is 5.32 Å². The minimum atomic E-state index is -0.293. The average molecular weight is 278 g/mol. The summed E-state index contributed by atoms with van der Waals surface area (Å²) in [5.41, 5.74) is 1.31. The first-order valence-electron chi connectivity index (χ1n) is 7.40. The van der Waals surface area contributed by atoms with Gasteiger partial charge in [-0.05, 0) is 56.5 Å². The molecule has 0 radical (unpaired) electrons. The molecule has 0 aliphatic carbocycles. The molecule has 1 aliphatic rings. The fourth-order valence-corrected chi connectivity index (χ4v) is 2.76. The Morgan fingerprint density at radius 1 is 1.50 bits per heavy atom. The first-order valence-corrected chi connectivity index (χ1v) is 7.40. The van der Waals surface area contributed by atoms with Gasteiger partial charge in [0.05, 0.1) is 0 Å². The summed E-state index contributed by atoms with van der Waals surface area (Å²) in [6.45, 7) is 6.37. The van der Waals surface area contributed by atoms with Gasteiger partial charge in [-0.2, -0.15) is 0 Å². The summed E-state index contributed by atoms with van der Waals surface area (Å²) in [6.07, 6.45) is 3.23. The Labute approximate surface area is 120 Å². The van der Waals surface area contributed by atoms with Crippen molar-refractivity contribution in [3.05, 3.63) is 35.1 Å². The van der Waals surface area contributed by atoms with Gasteiger partial charge >= 0.3 is 0 Å². The van der Waals surface area contributed by atoms with Gasteiger partial charge in [0, 0.05) is 24.7 Å². The van der Waals surface area contributed by atoms with Gasteiger partial charge in [0.2, 0.25) is 0 Å². The van der Waals surface area contributed by atoms with Crippen LogP contribution in [0.5, 0.6) is 0 Å². The lowest BCUT2D eigenvalue weighted by Crippen LogP contribution is -2.41. The predicted molar refractivity (Wildman–Crippen MR) is 78.4 cm³/mol. The molecule has 1 fully saturated rings. The number of nitrogens with zero attached hydrogens (tertiary/aromatic N) is 1. The summed E-state index contributed by atoms with van der Waals surface area (Å²) in [6, 6.07) is 4.77. The smallest absolute Gasteiger partial charge is 0.254 e. The standard InChI is InChI=1S/C16H23FN2O/c1-3-9-19(11-14-5-4-8-18-14)16(20)15-7-6-13(17)10-12(15)2/h6-7,10,14,18H,3-5,8-9,11H2,1-2H3. The highest BCUT2D eigenvalue weighted by Gasteiger charge is 2.22. The van der Waals surface area contributed by atoms with Crippen LogP contribution in [0.1, 0.15) is 42.1 Å². The molecule has 1 aromatic rings. The molecule has 4 heteroatoms. The monoisotopic (exact) mass is 278 g/mol. The van der Waals surface area contributed by atoms with E-state index in [9.17, 15) is 9.18 Å². The van der Waals surface area contributed by atoms with Crippen LogP contribution in [0.2, 0.25) is 0 Å². The number of rotatable bonds is 5. The van der Waals surface area contributed by atoms with Gasteiger partial charge in [-0.3, -0.25) is 4.79 Å². The topological polar surface area (TPSA) is 32.3 Å². The molecule has 1 heterocycles. The van der Waals surface area contributed by atoms with Crippen molar-refractivity contribution in [1.29, 1.82) is 0 Å². The third-order valence-electron chi connectivity index (χ3n) is 3.80. The lowest BCUT2D eigenvalue weighted by Gasteiger charge is -2.26. The van der Waals surface area contributed by atoms with E-state index in [4.69, 9.17) is 0 Å². The Morgan fingerprint density at radius 3 is 2.90 bits per heavy atom. The maximum absolute atomic E-state index is 13.2. The van der Waals surface area contributed by atoms with E-state index in [1.54, 1.807) is 13.0 Å². The summed E-state index contributed by atoms with van der Waals surface area (Å²) in [7, 11) is 0. The number of benzene rings is 1. The van der Waals surface area contributed by atoms with Gasteiger partial charge in [0.25, 0.3) is 5.91 Å². The van der Waals surface area contributed by atoms with E-state index >= 15 is 0 Å². The average Bonchev–Trinajstić information content (AvgIpc) is 2.90. The summed E-state index contributed by atoms with van der Waals surface area (Å²) >= 11 is 0. The van der Waals surface area contributed by atoms with Crippen molar-refractivity contribution in [3.8, 4) is 0 Å². The van der Waals surface area contributed by atoms with Crippen LogP contribution in [-0.4, -0.2) is 36.5 Å². The number of halogens is 1. The van der Waals surface area contributed by atoms with Crippen LogP contribution in [0.3, 0.4) is 0 Å². The van der Waals surface area contributed by atoms with Gasteiger partial charge in [0.1, 0.15) is 5.82 Å². The lowest BCUT2D eigenvalue weighted by molar-refractivity contribution is 0.0741. The molecule has 1 unspecified atom stereocenters. The third-order valence-corrected chi connectivity index (χ3v) is 3.80. The minimum Gasteiger partial charge on any atom is -0.337 e. The molecule has 110 valence electrons. The number of carbonyl (C=O) groups excluding carboxylic acids is 1. The predicted octanol–water partition coefficient (Wildman–Crippen LogP) is 2.74. The van der Waals surface area contributed by atoms with Crippen LogP contribution in [0, 0.1) is 12.7 Å². The second-order valence-electron chi connectivity index (χ2n) is 5.50. The van der Waals surface area contributed by atoms with E-state index in [2.05, 4.69) is 12.2 Å². The number of aryl methyl sites for hydroxylation is 1. The minimum absolute atomic E-state index is 0.0121. The highest BCUT2D eigenvalue weighted by Crippen LogP contribution is 2.15. The van der Waals surface area contributed by atoms with Crippen molar-refractivity contribution in [3.63, 3.8) is 0 Å². The van der Waals surface area contributed by atoms with Crippen LogP contribution in [0.4, 0.5) is 4.39 Å². The first kappa shape index (κ1) is 15.0. The second-order valence-corrected chi connectivity index (χ2v) is 5.50. The molecule has 2 rings (SSSR count). The van der Waals surface area contributed by atoms with Gasteiger partial charge in [-0.25, -0.2) is 4.39 Å². The number of carbonyl (C=O) groups is 1. The number of nitrogens with one attached hydrogen (secondary N) is 1. The van der Waals surface area contributed by atoms with Crippen molar-refractivity contribution in [2.24, 2.45) is 0 Å². The molecule has 20 heavy (non-hydrogen) atoms. The normalized spacial score (nSPS) is 18.2. The van der Waals surface area contributed by atoms with E-state index in [1.165, 1.54) is 18.6 Å². The van der Waals surface area contributed by atoms with Crippen LogP contribution in [0.25, 0.3) is 0 Å². The Hall–Kier alpha value is -1.42. The third kappa shape index (κ3) is 3.57. The summed E-state index contributed by atoms with van der Waals surface area (Å²) in [5, 5.41) is 3.42. The molecule has 0 bridgehead atoms. The second kappa shape index (κ2) is 6.84. The van der Waals surface area contributed by atoms with E-state index in [0.29, 0.717) is 17.2 Å². The summed E-state index contributed by atoms with van der Waals surface area (Å²) < 4.78 is 13.2. The molecule has 1 amide bonds. The molecular weight excluding hydrogens is 255 g/mol. The van der Waals surface area contributed by atoms with Crippen LogP contribution >= 0.6 is 0 Å². The largest absolute Gasteiger partial charge is 0.337 e. The Balaban J connectivity index is 2.12. The summed E-state index contributed by atoms with van der Waals surface area (Å²) in [5.74, 6) is -0.281. The van der Waals surface area contributed by atoms with Crippen LogP contribution in [0.15, 0.2) is 18.2 Å². The number of hydrogen-bond acceptors (Lipinski definition) is 2. The Bertz CT molecular complexity index is 470. The van der Waals surface area contributed by atoms with Crippen molar-refractivity contribution >= 4 is 5.91 Å². The van der Waals surface area contributed by atoms with E-state index in [1.807, 2.05) is 4.90 Å². The lowest BCUT2D eigenvalue weighted by atomic mass is 10.1. The van der Waals surface area contributed by atoms with Gasteiger partial charge in [0.15, 0.2) is 0 Å². The number of hydrogen-bond donors (Lipinski definition) is 1. The van der Waals surface area contributed by atoms with Gasteiger partial charge in [-0.1, -0.05) is 6.92 Å². The quantitative estimate of drug-likeness (QED) is 0.898. The van der Waals surface area contributed by atoms with Crippen molar-refractivity contribution in [2.45, 2.75) is 39.2 Å². The first-order chi connectivity index (χ1) is 9.61.